The molecule has 2 aromatic rings. The first kappa shape index (κ1) is 24.5. The lowest BCUT2D eigenvalue weighted by Crippen LogP contribution is -2.42. The normalized spacial score (nSPS) is 19.4. The Kier molecular flexibility index (Phi) is 8.38. The van der Waals surface area contributed by atoms with Gasteiger partial charge in [-0.05, 0) is 62.4 Å². The van der Waals surface area contributed by atoms with Crippen LogP contribution in [0.2, 0.25) is 0 Å². The molecule has 1 aliphatic heterocycles. The molecule has 1 unspecified atom stereocenters. The van der Waals surface area contributed by atoms with E-state index >= 15 is 0 Å². The van der Waals surface area contributed by atoms with Gasteiger partial charge in [0.25, 0.3) is 5.91 Å². The first-order valence-electron chi connectivity index (χ1n) is 12.6. The Morgan fingerprint density at radius 2 is 1.79 bits per heavy atom. The number of likely N-dealkylation sites (tertiary alicyclic amines) is 1. The number of ether oxygens (including phenoxy) is 1. The maximum absolute atomic E-state index is 13.4. The van der Waals surface area contributed by atoms with Crippen LogP contribution >= 0.6 is 0 Å². The second-order valence-electron chi connectivity index (χ2n) is 9.43. The number of esters is 1. The van der Waals surface area contributed by atoms with Crippen LogP contribution in [0.25, 0.3) is 0 Å². The van der Waals surface area contributed by atoms with Crippen LogP contribution in [0.1, 0.15) is 73.7 Å². The Labute approximate surface area is 201 Å². The zero-order valence-corrected chi connectivity index (χ0v) is 20.0. The molecule has 0 N–H and O–H groups in total. The number of benzene rings is 1. The van der Waals surface area contributed by atoms with Crippen molar-refractivity contribution < 1.29 is 23.1 Å². The molecule has 0 spiro atoms. The van der Waals surface area contributed by atoms with Crippen molar-refractivity contribution in [3.05, 3.63) is 59.3 Å². The maximum atomic E-state index is 13.4. The van der Waals surface area contributed by atoms with Crippen LogP contribution in [-0.4, -0.2) is 47.4 Å². The molecule has 184 valence electrons. The summed E-state index contributed by atoms with van der Waals surface area (Å²) in [6.45, 7) is 4.43. The Morgan fingerprint density at radius 3 is 2.53 bits per heavy atom. The number of hydrogen-bond donors (Lipinski definition) is 0. The molecule has 1 aliphatic carbocycles. The predicted octanol–water partition coefficient (Wildman–Crippen LogP) is 5.17. The molecule has 34 heavy (non-hydrogen) atoms. The second-order valence-corrected chi connectivity index (χ2v) is 9.43. The molecule has 2 aliphatic rings. The second kappa shape index (κ2) is 11.6. The van der Waals surface area contributed by atoms with Crippen LogP contribution in [0.3, 0.4) is 0 Å². The number of halogens is 1. The van der Waals surface area contributed by atoms with E-state index in [4.69, 9.17) is 9.15 Å². The van der Waals surface area contributed by atoms with Crippen LogP contribution in [0.5, 0.6) is 0 Å². The fraction of sp³-hybridized carbons (Fsp3) is 0.556. The van der Waals surface area contributed by atoms with Crippen LogP contribution in [0, 0.1) is 11.7 Å². The largest absolute Gasteiger partial charge is 0.466 e. The lowest BCUT2D eigenvalue weighted by atomic mass is 9.93. The number of amides is 1. The van der Waals surface area contributed by atoms with Crippen molar-refractivity contribution in [1.82, 2.24) is 9.80 Å². The van der Waals surface area contributed by atoms with Crippen molar-refractivity contribution in [3.8, 4) is 0 Å². The van der Waals surface area contributed by atoms with Gasteiger partial charge in [-0.1, -0.05) is 31.4 Å². The summed E-state index contributed by atoms with van der Waals surface area (Å²) in [6.07, 6.45) is 7.48. The number of rotatable bonds is 8. The van der Waals surface area contributed by atoms with E-state index in [-0.39, 0.29) is 23.6 Å². The van der Waals surface area contributed by atoms with Gasteiger partial charge in [0.05, 0.1) is 19.1 Å². The highest BCUT2D eigenvalue weighted by Crippen LogP contribution is 2.27. The summed E-state index contributed by atoms with van der Waals surface area (Å²) in [4.78, 5) is 29.3. The molecule has 2 heterocycles. The summed E-state index contributed by atoms with van der Waals surface area (Å²) in [5.41, 5.74) is 1.06. The summed E-state index contributed by atoms with van der Waals surface area (Å²) in [5.74, 6) is 0.140. The molecule has 7 heteroatoms. The maximum Gasteiger partial charge on any atom is 0.310 e. The summed E-state index contributed by atoms with van der Waals surface area (Å²) < 4.78 is 24.5. The third-order valence-electron chi connectivity index (χ3n) is 6.95. The molecule has 1 saturated heterocycles. The first-order valence-corrected chi connectivity index (χ1v) is 12.6. The Hall–Kier alpha value is -2.67. The van der Waals surface area contributed by atoms with Gasteiger partial charge in [-0.3, -0.25) is 14.5 Å². The highest BCUT2D eigenvalue weighted by atomic mass is 19.1. The van der Waals surface area contributed by atoms with Crippen molar-refractivity contribution in [2.75, 3.05) is 19.7 Å². The van der Waals surface area contributed by atoms with E-state index in [1.807, 2.05) is 18.2 Å². The Morgan fingerprint density at radius 1 is 1.03 bits per heavy atom. The quantitative estimate of drug-likeness (QED) is 0.498. The minimum absolute atomic E-state index is 0.178. The molecule has 1 saturated carbocycles. The van der Waals surface area contributed by atoms with Crippen molar-refractivity contribution in [3.63, 3.8) is 0 Å². The fourth-order valence-corrected chi connectivity index (χ4v) is 5.13. The smallest absolute Gasteiger partial charge is 0.310 e. The van der Waals surface area contributed by atoms with E-state index in [1.165, 1.54) is 31.4 Å². The number of nitrogens with zero attached hydrogens (tertiary/aromatic N) is 2. The zero-order chi connectivity index (χ0) is 23.9. The average molecular weight is 471 g/mol. The molecule has 4 rings (SSSR count). The van der Waals surface area contributed by atoms with Crippen LogP contribution in [0.4, 0.5) is 4.39 Å². The third kappa shape index (κ3) is 6.26. The number of carbonyl (C=O) groups is 2. The van der Waals surface area contributed by atoms with Gasteiger partial charge in [0.15, 0.2) is 5.76 Å². The SMILES string of the molecule is CCOC(=O)C1CCCN(C(=O)c2ccc(CN(Cc3ccc(F)cc3)C3CCCCC3)o2)C1. The van der Waals surface area contributed by atoms with E-state index in [0.717, 1.165) is 37.0 Å². The fourth-order valence-electron chi connectivity index (χ4n) is 5.13. The predicted molar refractivity (Wildman–Crippen MR) is 126 cm³/mol. The van der Waals surface area contributed by atoms with Gasteiger partial charge in [-0.15, -0.1) is 0 Å². The minimum atomic E-state index is -0.274. The average Bonchev–Trinajstić information content (AvgIpc) is 3.34. The van der Waals surface area contributed by atoms with Crippen LogP contribution in [-0.2, 0) is 22.6 Å². The number of carbonyl (C=O) groups excluding carboxylic acids is 2. The lowest BCUT2D eigenvalue weighted by Gasteiger charge is -2.34. The minimum Gasteiger partial charge on any atom is -0.466 e. The zero-order valence-electron chi connectivity index (χ0n) is 20.0. The van der Waals surface area contributed by atoms with Gasteiger partial charge >= 0.3 is 5.97 Å². The highest BCUT2D eigenvalue weighted by molar-refractivity contribution is 5.92. The summed E-state index contributed by atoms with van der Waals surface area (Å²) in [5, 5.41) is 0. The molecular formula is C27H35FN2O4. The Bertz CT molecular complexity index is 952. The monoisotopic (exact) mass is 470 g/mol. The first-order chi connectivity index (χ1) is 16.5. The molecule has 2 fully saturated rings. The van der Waals surface area contributed by atoms with Gasteiger partial charge < -0.3 is 14.1 Å². The molecule has 1 aromatic carbocycles. The van der Waals surface area contributed by atoms with E-state index < -0.39 is 0 Å². The molecule has 6 nitrogen and oxygen atoms in total. The van der Waals surface area contributed by atoms with Gasteiger partial charge in [-0.25, -0.2) is 4.39 Å². The number of furan rings is 1. The van der Waals surface area contributed by atoms with Gasteiger partial charge in [0, 0.05) is 25.7 Å². The summed E-state index contributed by atoms with van der Waals surface area (Å²) >= 11 is 0. The summed E-state index contributed by atoms with van der Waals surface area (Å²) in [7, 11) is 0. The lowest BCUT2D eigenvalue weighted by molar-refractivity contribution is -0.149. The van der Waals surface area contributed by atoms with Gasteiger partial charge in [0.1, 0.15) is 11.6 Å². The molecule has 1 aromatic heterocycles. The number of hydrogen-bond acceptors (Lipinski definition) is 5. The van der Waals surface area contributed by atoms with Gasteiger partial charge in [0.2, 0.25) is 0 Å². The van der Waals surface area contributed by atoms with Crippen molar-refractivity contribution >= 4 is 11.9 Å². The van der Waals surface area contributed by atoms with E-state index in [9.17, 15) is 14.0 Å². The molecule has 0 bridgehead atoms. The van der Waals surface area contributed by atoms with Crippen molar-refractivity contribution in [1.29, 1.82) is 0 Å². The molecule has 0 radical (unpaired) electrons. The van der Waals surface area contributed by atoms with E-state index in [0.29, 0.717) is 44.6 Å². The number of piperidine rings is 1. The molecular weight excluding hydrogens is 435 g/mol. The van der Waals surface area contributed by atoms with Crippen molar-refractivity contribution in [2.45, 2.75) is 71.0 Å². The van der Waals surface area contributed by atoms with E-state index in [2.05, 4.69) is 4.90 Å². The topological polar surface area (TPSA) is 63.0 Å². The molecule has 1 atom stereocenters. The van der Waals surface area contributed by atoms with Crippen LogP contribution < -0.4 is 0 Å². The van der Waals surface area contributed by atoms with Crippen molar-refractivity contribution in [2.24, 2.45) is 5.92 Å². The summed E-state index contributed by atoms with van der Waals surface area (Å²) in [6, 6.07) is 10.7. The van der Waals surface area contributed by atoms with Crippen LogP contribution in [0.15, 0.2) is 40.8 Å². The third-order valence-corrected chi connectivity index (χ3v) is 6.95. The van der Waals surface area contributed by atoms with E-state index in [1.54, 1.807) is 17.9 Å². The molecule has 1 amide bonds. The van der Waals surface area contributed by atoms with Gasteiger partial charge in [-0.2, -0.15) is 0 Å². The standard InChI is InChI=1S/C27H35FN2O4/c1-2-33-27(32)21-7-6-16-29(18-21)26(31)25-15-14-24(34-25)19-30(23-8-4-3-5-9-23)17-20-10-12-22(28)13-11-20/h10-15,21,23H,2-9,16-19H2,1H3. The Balaban J connectivity index is 1.42. The highest BCUT2D eigenvalue weighted by Gasteiger charge is 2.31.